The molecule has 1 aromatic carbocycles. The summed E-state index contributed by atoms with van der Waals surface area (Å²) in [6, 6.07) is 4.36. The molecule has 0 radical (unpaired) electrons. The van der Waals surface area contributed by atoms with E-state index in [1.54, 1.807) is 6.07 Å². The summed E-state index contributed by atoms with van der Waals surface area (Å²) in [5, 5.41) is 2.91. The number of carbonyl (C=O) groups excluding carboxylic acids is 1. The summed E-state index contributed by atoms with van der Waals surface area (Å²) >= 11 is 0. The topological polar surface area (TPSA) is 38.3 Å². The van der Waals surface area contributed by atoms with E-state index in [0.29, 0.717) is 17.7 Å². The lowest BCUT2D eigenvalue weighted by Crippen LogP contribution is -2.25. The maximum Gasteiger partial charge on any atom is 0.223 e. The molecule has 0 bridgehead atoms. The molecular formula is C14H16FNO2. The van der Waals surface area contributed by atoms with Crippen LogP contribution in [0.2, 0.25) is 0 Å². The van der Waals surface area contributed by atoms with Gasteiger partial charge in [-0.25, -0.2) is 4.39 Å². The number of nitrogens with one attached hydrogen (secondary N) is 1. The molecule has 3 nitrogen and oxygen atoms in total. The number of benzene rings is 1. The lowest BCUT2D eigenvalue weighted by Gasteiger charge is -2.09. The molecule has 0 saturated heterocycles. The highest BCUT2D eigenvalue weighted by molar-refractivity contribution is 5.83. The van der Waals surface area contributed by atoms with Crippen LogP contribution in [0, 0.1) is 17.2 Å². The molecule has 18 heavy (non-hydrogen) atoms. The average Bonchev–Trinajstić information content (AvgIpc) is 3.28. The highest BCUT2D eigenvalue weighted by Crippen LogP contribution is 2.70. The Bertz CT molecular complexity index is 497. The predicted molar refractivity (Wildman–Crippen MR) is 64.6 cm³/mol. The fourth-order valence-corrected chi connectivity index (χ4v) is 2.60. The zero-order valence-electron chi connectivity index (χ0n) is 10.3. The van der Waals surface area contributed by atoms with E-state index >= 15 is 0 Å². The van der Waals surface area contributed by atoms with Gasteiger partial charge in [-0.3, -0.25) is 4.79 Å². The summed E-state index contributed by atoms with van der Waals surface area (Å²) < 4.78 is 18.1. The van der Waals surface area contributed by atoms with E-state index in [2.05, 4.69) is 5.32 Å². The third-order valence-corrected chi connectivity index (χ3v) is 4.10. The summed E-state index contributed by atoms with van der Waals surface area (Å²) in [5.74, 6) is 0.483. The molecule has 1 aromatic rings. The lowest BCUT2D eigenvalue weighted by molar-refractivity contribution is -0.122. The molecule has 4 heteroatoms. The molecule has 2 aliphatic carbocycles. The Balaban J connectivity index is 1.61. The zero-order valence-corrected chi connectivity index (χ0v) is 10.3. The highest BCUT2D eigenvalue weighted by atomic mass is 19.1. The summed E-state index contributed by atoms with van der Waals surface area (Å²) in [5.41, 5.74) is 1.18. The first-order chi connectivity index (χ1) is 8.64. The van der Waals surface area contributed by atoms with Gasteiger partial charge in [0.25, 0.3) is 0 Å². The van der Waals surface area contributed by atoms with Gasteiger partial charge in [0, 0.05) is 24.1 Å². The summed E-state index contributed by atoms with van der Waals surface area (Å²) in [7, 11) is 1.50. The SMILES string of the molecule is COc1cc(F)ccc1CNC(=O)C1CC12CC2. The third-order valence-electron chi connectivity index (χ3n) is 4.10. The molecule has 3 rings (SSSR count). The molecule has 2 aliphatic rings. The number of amides is 1. The quantitative estimate of drug-likeness (QED) is 0.888. The van der Waals surface area contributed by atoms with Crippen LogP contribution in [0.15, 0.2) is 18.2 Å². The number of hydrogen-bond acceptors (Lipinski definition) is 2. The predicted octanol–water partition coefficient (Wildman–Crippen LogP) is 2.25. The van der Waals surface area contributed by atoms with Gasteiger partial charge < -0.3 is 10.1 Å². The van der Waals surface area contributed by atoms with E-state index < -0.39 is 0 Å². The van der Waals surface area contributed by atoms with Crippen molar-refractivity contribution in [2.24, 2.45) is 11.3 Å². The van der Waals surface area contributed by atoms with Crippen molar-refractivity contribution in [1.82, 2.24) is 5.32 Å². The molecule has 1 unspecified atom stereocenters. The molecule has 0 aliphatic heterocycles. The normalized spacial score (nSPS) is 22.7. The van der Waals surface area contributed by atoms with Crippen molar-refractivity contribution >= 4 is 5.91 Å². The van der Waals surface area contributed by atoms with Crippen LogP contribution in [0.25, 0.3) is 0 Å². The van der Waals surface area contributed by atoms with Crippen LogP contribution < -0.4 is 10.1 Å². The molecule has 0 aromatic heterocycles. The van der Waals surface area contributed by atoms with E-state index in [1.165, 1.54) is 32.1 Å². The van der Waals surface area contributed by atoms with Crippen LogP contribution in [-0.2, 0) is 11.3 Å². The van der Waals surface area contributed by atoms with Crippen molar-refractivity contribution in [3.8, 4) is 5.75 Å². The first-order valence-corrected chi connectivity index (χ1v) is 6.25. The molecule has 2 saturated carbocycles. The smallest absolute Gasteiger partial charge is 0.223 e. The van der Waals surface area contributed by atoms with Crippen LogP contribution in [0.3, 0.4) is 0 Å². The summed E-state index contributed by atoms with van der Waals surface area (Å²) in [4.78, 5) is 11.9. The monoisotopic (exact) mass is 249 g/mol. The maximum absolute atomic E-state index is 13.0. The van der Waals surface area contributed by atoms with Crippen LogP contribution in [-0.4, -0.2) is 13.0 Å². The van der Waals surface area contributed by atoms with Gasteiger partial charge in [0.05, 0.1) is 7.11 Å². The van der Waals surface area contributed by atoms with Crippen molar-refractivity contribution in [1.29, 1.82) is 0 Å². The summed E-state index contributed by atoms with van der Waals surface area (Å²) in [6.45, 7) is 0.398. The van der Waals surface area contributed by atoms with Crippen LogP contribution in [0.5, 0.6) is 5.75 Å². The number of halogens is 1. The van der Waals surface area contributed by atoms with Gasteiger partial charge in [0.1, 0.15) is 11.6 Å². The fourth-order valence-electron chi connectivity index (χ4n) is 2.60. The zero-order chi connectivity index (χ0) is 12.8. The van der Waals surface area contributed by atoms with Crippen molar-refractivity contribution < 1.29 is 13.9 Å². The lowest BCUT2D eigenvalue weighted by atomic mass is 10.2. The minimum Gasteiger partial charge on any atom is -0.496 e. The molecular weight excluding hydrogens is 233 g/mol. The van der Waals surface area contributed by atoms with Crippen LogP contribution >= 0.6 is 0 Å². The first kappa shape index (κ1) is 11.5. The second-order valence-corrected chi connectivity index (χ2v) is 5.29. The number of hydrogen-bond donors (Lipinski definition) is 1. The number of rotatable bonds is 4. The van der Waals surface area contributed by atoms with Crippen LogP contribution in [0.4, 0.5) is 4.39 Å². The minimum absolute atomic E-state index is 0.124. The average molecular weight is 249 g/mol. The Morgan fingerprint density at radius 2 is 2.33 bits per heavy atom. The van der Waals surface area contributed by atoms with Gasteiger partial charge in [-0.05, 0) is 30.7 Å². The van der Waals surface area contributed by atoms with Crippen molar-refractivity contribution in [3.63, 3.8) is 0 Å². The maximum atomic E-state index is 13.0. The van der Waals surface area contributed by atoms with Crippen molar-refractivity contribution in [2.75, 3.05) is 7.11 Å². The number of ether oxygens (including phenoxy) is 1. The van der Waals surface area contributed by atoms with Gasteiger partial charge in [0.15, 0.2) is 0 Å². The van der Waals surface area contributed by atoms with Crippen molar-refractivity contribution in [2.45, 2.75) is 25.8 Å². The standard InChI is InChI=1S/C14H16FNO2/c1-18-12-6-10(15)3-2-9(12)8-16-13(17)11-7-14(11)4-5-14/h2-3,6,11H,4-5,7-8H2,1H3,(H,16,17). The molecule has 1 N–H and O–H groups in total. The largest absolute Gasteiger partial charge is 0.496 e. The second-order valence-electron chi connectivity index (χ2n) is 5.29. The number of carbonyl (C=O) groups is 1. The minimum atomic E-state index is -0.332. The Morgan fingerprint density at radius 3 is 2.94 bits per heavy atom. The summed E-state index contributed by atoms with van der Waals surface area (Å²) in [6.07, 6.45) is 3.44. The molecule has 0 heterocycles. The molecule has 1 amide bonds. The van der Waals surface area contributed by atoms with Crippen LogP contribution in [0.1, 0.15) is 24.8 Å². The Labute approximate surface area is 105 Å². The molecule has 1 atom stereocenters. The van der Waals surface area contributed by atoms with Gasteiger partial charge in [-0.15, -0.1) is 0 Å². The van der Waals surface area contributed by atoms with Gasteiger partial charge in [-0.1, -0.05) is 6.07 Å². The first-order valence-electron chi connectivity index (χ1n) is 6.25. The van der Waals surface area contributed by atoms with Gasteiger partial charge >= 0.3 is 0 Å². The second kappa shape index (κ2) is 3.97. The molecule has 1 spiro atoms. The van der Waals surface area contributed by atoms with Gasteiger partial charge in [-0.2, -0.15) is 0 Å². The van der Waals surface area contributed by atoms with E-state index in [1.807, 2.05) is 0 Å². The highest BCUT2D eigenvalue weighted by Gasteiger charge is 2.65. The third kappa shape index (κ3) is 1.96. The number of methoxy groups -OCH3 is 1. The van der Waals surface area contributed by atoms with E-state index in [-0.39, 0.29) is 17.6 Å². The van der Waals surface area contributed by atoms with E-state index in [9.17, 15) is 9.18 Å². The van der Waals surface area contributed by atoms with E-state index in [4.69, 9.17) is 4.74 Å². The fraction of sp³-hybridized carbons (Fsp3) is 0.500. The molecule has 96 valence electrons. The Kier molecular flexibility index (Phi) is 2.54. The Morgan fingerprint density at radius 1 is 1.56 bits per heavy atom. The van der Waals surface area contributed by atoms with Gasteiger partial charge in [0.2, 0.25) is 5.91 Å². The van der Waals surface area contributed by atoms with E-state index in [0.717, 1.165) is 12.0 Å². The van der Waals surface area contributed by atoms with Crippen molar-refractivity contribution in [3.05, 3.63) is 29.6 Å². The Hall–Kier alpha value is -1.58. The molecule has 2 fully saturated rings.